The molecule has 0 fully saturated rings. The second kappa shape index (κ2) is 3.53. The summed E-state index contributed by atoms with van der Waals surface area (Å²) in [6, 6.07) is 0.549. The average molecular weight is 113 g/mol. The van der Waals surface area contributed by atoms with Gasteiger partial charge in [-0.3, -0.25) is 0 Å². The van der Waals surface area contributed by atoms with Gasteiger partial charge in [0.2, 0.25) is 0 Å². The van der Waals surface area contributed by atoms with Crippen molar-refractivity contribution in [1.29, 1.82) is 0 Å². The Balaban J connectivity index is 3.30. The van der Waals surface area contributed by atoms with Crippen molar-refractivity contribution in [2.45, 2.75) is 26.8 Å². The van der Waals surface area contributed by atoms with E-state index in [-0.39, 0.29) is 0 Å². The highest BCUT2D eigenvalue weighted by molar-refractivity contribution is 4.71. The SMILES string of the molecule is C=CNC(C)C(C)C. The van der Waals surface area contributed by atoms with Gasteiger partial charge in [0.05, 0.1) is 0 Å². The highest BCUT2D eigenvalue weighted by Gasteiger charge is 2.01. The van der Waals surface area contributed by atoms with Crippen molar-refractivity contribution in [3.63, 3.8) is 0 Å². The minimum Gasteiger partial charge on any atom is -0.389 e. The van der Waals surface area contributed by atoms with Crippen LogP contribution in [0.2, 0.25) is 0 Å². The first-order valence-corrected chi connectivity index (χ1v) is 3.05. The molecule has 8 heavy (non-hydrogen) atoms. The first-order chi connectivity index (χ1) is 3.68. The van der Waals surface area contributed by atoms with Gasteiger partial charge in [0.25, 0.3) is 0 Å². The predicted octanol–water partition coefficient (Wildman–Crippen LogP) is 1.76. The molecular weight excluding hydrogens is 98.1 g/mol. The molecule has 1 heteroatoms. The molecule has 0 heterocycles. The third-order valence-corrected chi connectivity index (χ3v) is 1.38. The molecule has 0 spiro atoms. The Morgan fingerprint density at radius 1 is 1.38 bits per heavy atom. The zero-order valence-electron chi connectivity index (χ0n) is 5.94. The van der Waals surface area contributed by atoms with Crippen molar-refractivity contribution in [3.8, 4) is 0 Å². The van der Waals surface area contributed by atoms with Gasteiger partial charge in [0.15, 0.2) is 0 Å². The minimum atomic E-state index is 0.549. The summed E-state index contributed by atoms with van der Waals surface area (Å²) in [5.74, 6) is 0.688. The molecule has 0 saturated carbocycles. The summed E-state index contributed by atoms with van der Waals surface area (Å²) in [5.41, 5.74) is 0. The molecule has 1 unspecified atom stereocenters. The molecule has 0 amide bonds. The first kappa shape index (κ1) is 7.54. The van der Waals surface area contributed by atoms with Crippen LogP contribution in [0.25, 0.3) is 0 Å². The molecule has 0 aliphatic carbocycles. The molecule has 0 rings (SSSR count). The van der Waals surface area contributed by atoms with E-state index in [4.69, 9.17) is 0 Å². The van der Waals surface area contributed by atoms with E-state index in [0.29, 0.717) is 12.0 Å². The highest BCUT2D eigenvalue weighted by atomic mass is 14.9. The lowest BCUT2D eigenvalue weighted by molar-refractivity contribution is 0.474. The van der Waals surface area contributed by atoms with E-state index in [0.717, 1.165) is 0 Å². The lowest BCUT2D eigenvalue weighted by Gasteiger charge is -2.14. The van der Waals surface area contributed by atoms with E-state index < -0.39 is 0 Å². The van der Waals surface area contributed by atoms with Gasteiger partial charge >= 0.3 is 0 Å². The highest BCUT2D eigenvalue weighted by Crippen LogP contribution is 1.98. The van der Waals surface area contributed by atoms with Gasteiger partial charge in [-0.15, -0.1) is 0 Å². The minimum absolute atomic E-state index is 0.549. The lowest BCUT2D eigenvalue weighted by Crippen LogP contribution is -2.25. The molecule has 0 aromatic carbocycles. The van der Waals surface area contributed by atoms with Gasteiger partial charge in [0.1, 0.15) is 0 Å². The van der Waals surface area contributed by atoms with E-state index in [9.17, 15) is 0 Å². The zero-order chi connectivity index (χ0) is 6.57. The van der Waals surface area contributed by atoms with Gasteiger partial charge in [-0.2, -0.15) is 0 Å². The van der Waals surface area contributed by atoms with Crippen LogP contribution in [0.15, 0.2) is 12.8 Å². The van der Waals surface area contributed by atoms with Crippen LogP contribution < -0.4 is 5.32 Å². The van der Waals surface area contributed by atoms with Crippen LogP contribution in [0.5, 0.6) is 0 Å². The molecule has 0 bridgehead atoms. The fourth-order valence-electron chi connectivity index (χ4n) is 0.378. The quantitative estimate of drug-likeness (QED) is 0.588. The summed E-state index contributed by atoms with van der Waals surface area (Å²) in [6.07, 6.45) is 1.74. The molecule has 1 N–H and O–H groups in total. The van der Waals surface area contributed by atoms with Gasteiger partial charge in [0, 0.05) is 6.04 Å². The Morgan fingerprint density at radius 2 is 1.88 bits per heavy atom. The Morgan fingerprint density at radius 3 is 2.00 bits per heavy atom. The maximum absolute atomic E-state index is 3.57. The maximum Gasteiger partial charge on any atom is 0.0250 e. The van der Waals surface area contributed by atoms with Crippen LogP contribution in [-0.2, 0) is 0 Å². The molecular formula is C7H15N. The van der Waals surface area contributed by atoms with Crippen LogP contribution in [0.3, 0.4) is 0 Å². The first-order valence-electron chi connectivity index (χ1n) is 3.05. The average Bonchev–Trinajstić information content (AvgIpc) is 1.67. The Kier molecular flexibility index (Phi) is 3.33. The van der Waals surface area contributed by atoms with E-state index >= 15 is 0 Å². The Hall–Kier alpha value is -0.460. The van der Waals surface area contributed by atoms with Crippen LogP contribution in [0.4, 0.5) is 0 Å². The van der Waals surface area contributed by atoms with Crippen molar-refractivity contribution in [1.82, 2.24) is 5.32 Å². The van der Waals surface area contributed by atoms with E-state index in [1.54, 1.807) is 6.20 Å². The number of hydrogen-bond donors (Lipinski definition) is 1. The molecule has 48 valence electrons. The van der Waals surface area contributed by atoms with Crippen molar-refractivity contribution in [3.05, 3.63) is 12.8 Å². The molecule has 1 nitrogen and oxygen atoms in total. The standard InChI is InChI=1S/C7H15N/c1-5-8-7(4)6(2)3/h5-8H,1H2,2-4H3. The Bertz CT molecular complexity index is 66.8. The zero-order valence-corrected chi connectivity index (χ0v) is 5.94. The fourth-order valence-corrected chi connectivity index (χ4v) is 0.378. The summed E-state index contributed by atoms with van der Waals surface area (Å²) in [4.78, 5) is 0. The van der Waals surface area contributed by atoms with Gasteiger partial charge in [-0.1, -0.05) is 20.4 Å². The number of hydrogen-bond acceptors (Lipinski definition) is 1. The van der Waals surface area contributed by atoms with Crippen LogP contribution >= 0.6 is 0 Å². The van der Waals surface area contributed by atoms with Crippen molar-refractivity contribution in [2.24, 2.45) is 5.92 Å². The summed E-state index contributed by atoms with van der Waals surface area (Å²) in [6.45, 7) is 10.1. The van der Waals surface area contributed by atoms with Crippen LogP contribution in [-0.4, -0.2) is 6.04 Å². The molecule has 0 aliphatic heterocycles. The number of rotatable bonds is 3. The van der Waals surface area contributed by atoms with Crippen molar-refractivity contribution in [2.75, 3.05) is 0 Å². The molecule has 0 aromatic heterocycles. The summed E-state index contributed by atoms with van der Waals surface area (Å²) >= 11 is 0. The molecule has 0 aromatic rings. The molecule has 0 radical (unpaired) electrons. The van der Waals surface area contributed by atoms with Gasteiger partial charge in [-0.25, -0.2) is 0 Å². The van der Waals surface area contributed by atoms with Crippen molar-refractivity contribution < 1.29 is 0 Å². The maximum atomic E-state index is 3.57. The monoisotopic (exact) mass is 113 g/mol. The van der Waals surface area contributed by atoms with Crippen LogP contribution in [0, 0.1) is 5.92 Å². The molecule has 0 aliphatic rings. The molecule has 0 saturated heterocycles. The van der Waals surface area contributed by atoms with Gasteiger partial charge in [-0.05, 0) is 19.0 Å². The smallest absolute Gasteiger partial charge is 0.0250 e. The largest absolute Gasteiger partial charge is 0.389 e. The van der Waals surface area contributed by atoms with E-state index in [2.05, 4.69) is 32.7 Å². The van der Waals surface area contributed by atoms with Crippen molar-refractivity contribution >= 4 is 0 Å². The lowest BCUT2D eigenvalue weighted by atomic mass is 10.1. The van der Waals surface area contributed by atoms with E-state index in [1.165, 1.54) is 0 Å². The Labute approximate surface area is 51.8 Å². The third kappa shape index (κ3) is 2.67. The summed E-state index contributed by atoms with van der Waals surface area (Å²) in [5, 5.41) is 3.11. The summed E-state index contributed by atoms with van der Waals surface area (Å²) in [7, 11) is 0. The van der Waals surface area contributed by atoms with Crippen LogP contribution in [0.1, 0.15) is 20.8 Å². The second-order valence-corrected chi connectivity index (χ2v) is 2.40. The number of nitrogens with one attached hydrogen (secondary N) is 1. The summed E-state index contributed by atoms with van der Waals surface area (Å²) < 4.78 is 0. The molecule has 1 atom stereocenters. The van der Waals surface area contributed by atoms with E-state index in [1.807, 2.05) is 0 Å². The topological polar surface area (TPSA) is 12.0 Å². The fraction of sp³-hybridized carbons (Fsp3) is 0.714. The normalized spacial score (nSPS) is 13.5. The predicted molar refractivity (Wildman–Crippen MR) is 37.6 cm³/mol. The van der Waals surface area contributed by atoms with Gasteiger partial charge < -0.3 is 5.32 Å². The second-order valence-electron chi connectivity index (χ2n) is 2.40. The third-order valence-electron chi connectivity index (χ3n) is 1.38.